The number of piperidine rings is 1. The molecule has 0 bridgehead atoms. The molecule has 1 fully saturated rings. The molecule has 0 spiro atoms. The molecule has 1 aromatic carbocycles. The number of urea groups is 1. The molecule has 1 aromatic rings. The average molecular weight is 357 g/mol. The fraction of sp³-hybridized carbons (Fsp3) is 0.500. The number of anilines is 1. The molecule has 0 radical (unpaired) electrons. The standard InChI is InChI=1S/C16H22ClFN4O2/c1-10-7-14(12(17)8-13(10)18)21-16(24)20-4-6-22-5-2-3-11(9-22)15(19)23/h7-8,11H,2-6,9H2,1H3,(H2,19,23)(H2,20,21,24)/t11-/m1/s1. The van der Waals surface area contributed by atoms with Gasteiger partial charge < -0.3 is 21.3 Å². The lowest BCUT2D eigenvalue weighted by molar-refractivity contribution is -0.123. The van der Waals surface area contributed by atoms with Crippen molar-refractivity contribution in [2.75, 3.05) is 31.5 Å². The summed E-state index contributed by atoms with van der Waals surface area (Å²) in [6, 6.07) is 2.25. The van der Waals surface area contributed by atoms with Crippen molar-refractivity contribution in [2.45, 2.75) is 19.8 Å². The summed E-state index contributed by atoms with van der Waals surface area (Å²) in [5, 5.41) is 5.47. The Morgan fingerprint density at radius 2 is 2.21 bits per heavy atom. The van der Waals surface area contributed by atoms with Gasteiger partial charge in [0.15, 0.2) is 0 Å². The Bertz CT molecular complexity index is 626. The van der Waals surface area contributed by atoms with Crippen LogP contribution in [0.25, 0.3) is 0 Å². The molecule has 1 atom stereocenters. The zero-order chi connectivity index (χ0) is 17.7. The van der Waals surface area contributed by atoms with Crippen molar-refractivity contribution >= 4 is 29.2 Å². The van der Waals surface area contributed by atoms with Gasteiger partial charge in [0.1, 0.15) is 5.82 Å². The highest BCUT2D eigenvalue weighted by atomic mass is 35.5. The summed E-state index contributed by atoms with van der Waals surface area (Å²) in [5.41, 5.74) is 6.11. The molecular weight excluding hydrogens is 335 g/mol. The van der Waals surface area contributed by atoms with Crippen LogP contribution in [0.2, 0.25) is 5.02 Å². The topological polar surface area (TPSA) is 87.5 Å². The highest BCUT2D eigenvalue weighted by Crippen LogP contribution is 2.25. The Morgan fingerprint density at radius 3 is 2.92 bits per heavy atom. The second-order valence-corrected chi connectivity index (χ2v) is 6.41. The van der Waals surface area contributed by atoms with Crippen molar-refractivity contribution in [2.24, 2.45) is 11.7 Å². The van der Waals surface area contributed by atoms with Gasteiger partial charge in [-0.05, 0) is 44.0 Å². The third-order valence-corrected chi connectivity index (χ3v) is 4.43. The number of primary amides is 1. The molecule has 0 saturated carbocycles. The molecule has 0 unspecified atom stereocenters. The van der Waals surface area contributed by atoms with E-state index in [2.05, 4.69) is 15.5 Å². The van der Waals surface area contributed by atoms with E-state index in [4.69, 9.17) is 17.3 Å². The Hall–Kier alpha value is -1.86. The molecule has 8 heteroatoms. The normalized spacial score (nSPS) is 18.2. The summed E-state index contributed by atoms with van der Waals surface area (Å²) in [5.74, 6) is -0.805. The summed E-state index contributed by atoms with van der Waals surface area (Å²) in [4.78, 5) is 25.3. The van der Waals surface area contributed by atoms with E-state index in [1.165, 1.54) is 12.1 Å². The van der Waals surface area contributed by atoms with Crippen LogP contribution in [0.1, 0.15) is 18.4 Å². The zero-order valence-corrected chi connectivity index (χ0v) is 14.3. The second kappa shape index (κ2) is 8.30. The van der Waals surface area contributed by atoms with E-state index in [0.29, 0.717) is 30.9 Å². The molecule has 1 saturated heterocycles. The first-order valence-corrected chi connectivity index (χ1v) is 8.26. The van der Waals surface area contributed by atoms with Crippen LogP contribution < -0.4 is 16.4 Å². The molecule has 4 N–H and O–H groups in total. The summed E-state index contributed by atoms with van der Waals surface area (Å²) in [6.45, 7) is 4.17. The number of nitrogens with zero attached hydrogens (tertiary/aromatic N) is 1. The van der Waals surface area contributed by atoms with Gasteiger partial charge in [-0.25, -0.2) is 9.18 Å². The second-order valence-electron chi connectivity index (χ2n) is 6.00. The zero-order valence-electron chi connectivity index (χ0n) is 13.6. The van der Waals surface area contributed by atoms with E-state index < -0.39 is 11.8 Å². The predicted molar refractivity (Wildman–Crippen MR) is 91.5 cm³/mol. The van der Waals surface area contributed by atoms with Crippen LogP contribution in [0.4, 0.5) is 14.9 Å². The van der Waals surface area contributed by atoms with Crippen molar-refractivity contribution < 1.29 is 14.0 Å². The number of amides is 3. The van der Waals surface area contributed by atoms with Gasteiger partial charge in [-0.3, -0.25) is 4.79 Å². The number of aryl methyl sites for hydroxylation is 1. The minimum Gasteiger partial charge on any atom is -0.369 e. The van der Waals surface area contributed by atoms with Gasteiger partial charge in [0, 0.05) is 19.6 Å². The fourth-order valence-corrected chi connectivity index (χ4v) is 2.94. The SMILES string of the molecule is Cc1cc(NC(=O)NCCN2CCC[C@@H](C(N)=O)C2)c(Cl)cc1F. The van der Waals surface area contributed by atoms with E-state index in [-0.39, 0.29) is 16.8 Å². The van der Waals surface area contributed by atoms with Crippen LogP contribution in [0, 0.1) is 18.7 Å². The highest BCUT2D eigenvalue weighted by molar-refractivity contribution is 6.33. The first-order chi connectivity index (χ1) is 11.4. The molecule has 6 nitrogen and oxygen atoms in total. The van der Waals surface area contributed by atoms with Gasteiger partial charge in [-0.15, -0.1) is 0 Å². The molecule has 0 aromatic heterocycles. The van der Waals surface area contributed by atoms with Gasteiger partial charge in [0.05, 0.1) is 16.6 Å². The Balaban J connectivity index is 1.77. The van der Waals surface area contributed by atoms with Crippen LogP contribution >= 0.6 is 11.6 Å². The Labute approximate surface area is 145 Å². The first-order valence-electron chi connectivity index (χ1n) is 7.89. The molecule has 1 aliphatic heterocycles. The third-order valence-electron chi connectivity index (χ3n) is 4.12. The summed E-state index contributed by atoms with van der Waals surface area (Å²) < 4.78 is 13.3. The lowest BCUT2D eigenvalue weighted by atomic mass is 9.97. The van der Waals surface area contributed by atoms with Crippen LogP contribution in [-0.2, 0) is 4.79 Å². The van der Waals surface area contributed by atoms with Gasteiger partial charge in [-0.1, -0.05) is 11.6 Å². The number of hydrogen-bond acceptors (Lipinski definition) is 3. The number of rotatable bonds is 5. The van der Waals surface area contributed by atoms with E-state index >= 15 is 0 Å². The molecule has 2 rings (SSSR count). The quantitative estimate of drug-likeness (QED) is 0.755. The largest absolute Gasteiger partial charge is 0.369 e. The van der Waals surface area contributed by atoms with E-state index in [0.717, 1.165) is 19.4 Å². The lowest BCUT2D eigenvalue weighted by Gasteiger charge is -2.31. The van der Waals surface area contributed by atoms with Crippen molar-refractivity contribution in [1.29, 1.82) is 0 Å². The number of nitrogens with two attached hydrogens (primary N) is 1. The highest BCUT2D eigenvalue weighted by Gasteiger charge is 2.23. The number of likely N-dealkylation sites (tertiary alicyclic amines) is 1. The van der Waals surface area contributed by atoms with E-state index in [1.807, 2.05) is 0 Å². The number of nitrogens with one attached hydrogen (secondary N) is 2. The summed E-state index contributed by atoms with van der Waals surface area (Å²) >= 11 is 5.91. The monoisotopic (exact) mass is 356 g/mol. The molecule has 24 heavy (non-hydrogen) atoms. The Kier molecular flexibility index (Phi) is 6.39. The fourth-order valence-electron chi connectivity index (χ4n) is 2.74. The van der Waals surface area contributed by atoms with Crippen LogP contribution in [0.15, 0.2) is 12.1 Å². The molecule has 3 amide bonds. The maximum atomic E-state index is 13.3. The van der Waals surface area contributed by atoms with Crippen molar-refractivity contribution in [3.8, 4) is 0 Å². The van der Waals surface area contributed by atoms with Crippen molar-refractivity contribution in [3.63, 3.8) is 0 Å². The number of benzene rings is 1. The van der Waals surface area contributed by atoms with Gasteiger partial charge in [-0.2, -0.15) is 0 Å². The molecule has 1 heterocycles. The van der Waals surface area contributed by atoms with Crippen molar-refractivity contribution in [1.82, 2.24) is 10.2 Å². The first kappa shape index (κ1) is 18.5. The van der Waals surface area contributed by atoms with Gasteiger partial charge >= 0.3 is 6.03 Å². The van der Waals surface area contributed by atoms with E-state index in [9.17, 15) is 14.0 Å². The van der Waals surface area contributed by atoms with Crippen molar-refractivity contribution in [3.05, 3.63) is 28.5 Å². The minimum absolute atomic E-state index is 0.117. The summed E-state index contributed by atoms with van der Waals surface area (Å²) in [6.07, 6.45) is 1.74. The van der Waals surface area contributed by atoms with Gasteiger partial charge in [0.2, 0.25) is 5.91 Å². The molecule has 0 aliphatic carbocycles. The van der Waals surface area contributed by atoms with Crippen LogP contribution in [0.3, 0.4) is 0 Å². The smallest absolute Gasteiger partial charge is 0.319 e. The Morgan fingerprint density at radius 1 is 1.46 bits per heavy atom. The molecule has 1 aliphatic rings. The summed E-state index contributed by atoms with van der Waals surface area (Å²) in [7, 11) is 0. The van der Waals surface area contributed by atoms with Crippen LogP contribution in [-0.4, -0.2) is 43.0 Å². The third kappa shape index (κ3) is 5.07. The number of halogens is 2. The van der Waals surface area contributed by atoms with E-state index in [1.54, 1.807) is 6.92 Å². The molecule has 132 valence electrons. The minimum atomic E-state index is -0.417. The maximum Gasteiger partial charge on any atom is 0.319 e. The molecular formula is C16H22ClFN4O2. The number of carbonyl (C=O) groups is 2. The predicted octanol–water partition coefficient (Wildman–Crippen LogP) is 2.11. The lowest BCUT2D eigenvalue weighted by Crippen LogP contribution is -2.44. The number of hydrogen-bond donors (Lipinski definition) is 3. The number of carbonyl (C=O) groups excluding carboxylic acids is 2. The van der Waals surface area contributed by atoms with Crippen LogP contribution in [0.5, 0.6) is 0 Å². The average Bonchev–Trinajstić information content (AvgIpc) is 2.53. The van der Waals surface area contributed by atoms with Gasteiger partial charge in [0.25, 0.3) is 0 Å². The maximum absolute atomic E-state index is 13.3.